The van der Waals surface area contributed by atoms with E-state index in [1.165, 1.54) is 38.6 Å². The summed E-state index contributed by atoms with van der Waals surface area (Å²) in [5.74, 6) is 0. The van der Waals surface area contributed by atoms with Crippen molar-refractivity contribution in [2.45, 2.75) is 19.3 Å². The third-order valence-corrected chi connectivity index (χ3v) is 7.37. The minimum atomic E-state index is -0.805. The number of rotatable bonds is 6. The second-order valence-electron chi connectivity index (χ2n) is 7.46. The van der Waals surface area contributed by atoms with Crippen molar-refractivity contribution in [2.75, 3.05) is 20.3 Å². The zero-order chi connectivity index (χ0) is 18.9. The van der Waals surface area contributed by atoms with Crippen LogP contribution in [0.3, 0.4) is 0 Å². The van der Waals surface area contributed by atoms with Crippen LogP contribution in [-0.2, 0) is 14.6 Å². The Morgan fingerprint density at radius 3 is 2.04 bits per heavy atom. The van der Waals surface area contributed by atoms with Crippen LogP contribution < -0.4 is 5.19 Å². The molecule has 0 unspecified atom stereocenters. The molecule has 0 aromatic heterocycles. The molecule has 1 aliphatic carbocycles. The first-order valence-electron chi connectivity index (χ1n) is 9.48. The van der Waals surface area contributed by atoms with Gasteiger partial charge >= 0.3 is 0 Å². The molecule has 0 saturated heterocycles. The first kappa shape index (κ1) is 18.2. The number of benzene rings is 3. The molecular weight excluding hydrogens is 348 g/mol. The molecule has 0 spiro atoms. The van der Waals surface area contributed by atoms with Crippen molar-refractivity contribution >= 4 is 14.9 Å². The highest BCUT2D eigenvalue weighted by molar-refractivity contribution is 6.47. The Hall–Kier alpha value is -2.20. The summed E-state index contributed by atoms with van der Waals surface area (Å²) >= 11 is 0. The molecule has 2 nitrogen and oxygen atoms in total. The summed E-state index contributed by atoms with van der Waals surface area (Å²) < 4.78 is 12.2. The Morgan fingerprint density at radius 2 is 1.41 bits per heavy atom. The number of ether oxygens (including phenoxy) is 1. The van der Waals surface area contributed by atoms with Crippen LogP contribution in [0, 0.1) is 13.8 Å². The minimum Gasteiger partial charge on any atom is -0.417 e. The van der Waals surface area contributed by atoms with Gasteiger partial charge in [0.2, 0.25) is 0 Å². The predicted molar refractivity (Wildman–Crippen MR) is 115 cm³/mol. The molecule has 0 bridgehead atoms. The fourth-order valence-electron chi connectivity index (χ4n) is 4.32. The van der Waals surface area contributed by atoms with Gasteiger partial charge in [-0.25, -0.2) is 0 Å². The summed E-state index contributed by atoms with van der Waals surface area (Å²) in [5.41, 5.74) is 7.74. The number of aryl methyl sites for hydroxylation is 1. The summed E-state index contributed by atoms with van der Waals surface area (Å²) in [5, 5.41) is 1.39. The molecule has 138 valence electrons. The summed E-state index contributed by atoms with van der Waals surface area (Å²) in [4.78, 5) is 0. The average molecular weight is 375 g/mol. The summed E-state index contributed by atoms with van der Waals surface area (Å²) in [7, 11) is 0.980. The van der Waals surface area contributed by atoms with Crippen molar-refractivity contribution in [1.29, 1.82) is 0 Å². The topological polar surface area (TPSA) is 18.5 Å². The number of hydrogen-bond donors (Lipinski definition) is 0. The maximum Gasteiger partial charge on any atom is 0.192 e. The van der Waals surface area contributed by atoms with Crippen molar-refractivity contribution in [2.24, 2.45) is 0 Å². The molecule has 0 atom stereocenters. The van der Waals surface area contributed by atoms with Crippen molar-refractivity contribution in [3.8, 4) is 11.1 Å². The second kappa shape index (κ2) is 7.43. The minimum absolute atomic E-state index is 0.229. The van der Waals surface area contributed by atoms with E-state index in [0.717, 1.165) is 0 Å². The van der Waals surface area contributed by atoms with E-state index in [-0.39, 0.29) is 5.41 Å². The van der Waals surface area contributed by atoms with Crippen LogP contribution in [0.15, 0.2) is 66.7 Å². The van der Waals surface area contributed by atoms with Crippen LogP contribution in [0.25, 0.3) is 11.1 Å². The smallest absolute Gasteiger partial charge is 0.192 e. The van der Waals surface area contributed by atoms with E-state index >= 15 is 0 Å². The van der Waals surface area contributed by atoms with Gasteiger partial charge in [0.15, 0.2) is 9.76 Å². The summed E-state index contributed by atoms with van der Waals surface area (Å²) in [6.07, 6.45) is 0. The molecule has 27 heavy (non-hydrogen) atoms. The highest BCUT2D eigenvalue weighted by Crippen LogP contribution is 2.49. The molecule has 3 heteroatoms. The molecule has 0 radical (unpaired) electrons. The molecule has 0 aliphatic heterocycles. The lowest BCUT2D eigenvalue weighted by atomic mass is 9.80. The van der Waals surface area contributed by atoms with Crippen LogP contribution >= 0.6 is 0 Å². The monoisotopic (exact) mass is 374 g/mol. The zero-order valence-electron chi connectivity index (χ0n) is 16.3. The molecule has 0 saturated carbocycles. The van der Waals surface area contributed by atoms with Gasteiger partial charge in [-0.1, -0.05) is 66.7 Å². The van der Waals surface area contributed by atoms with Gasteiger partial charge in [0, 0.05) is 13.7 Å². The first-order chi connectivity index (χ1) is 13.2. The van der Waals surface area contributed by atoms with Crippen LogP contribution in [-0.4, -0.2) is 30.1 Å². The molecule has 3 aromatic carbocycles. The number of methoxy groups -OCH3 is 1. The lowest BCUT2D eigenvalue weighted by molar-refractivity contribution is 0.117. The second-order valence-corrected chi connectivity index (χ2v) is 8.92. The van der Waals surface area contributed by atoms with Crippen molar-refractivity contribution in [3.63, 3.8) is 0 Å². The fourth-order valence-corrected chi connectivity index (χ4v) is 5.72. The third-order valence-electron chi connectivity index (χ3n) is 5.89. The van der Waals surface area contributed by atoms with Crippen LogP contribution in [0.1, 0.15) is 22.3 Å². The molecule has 0 fully saturated rings. The van der Waals surface area contributed by atoms with Gasteiger partial charge in [0.1, 0.15) is 0 Å². The fraction of sp³-hybridized carbons (Fsp3) is 0.250. The lowest BCUT2D eigenvalue weighted by Gasteiger charge is -2.31. The van der Waals surface area contributed by atoms with Crippen molar-refractivity contribution in [1.82, 2.24) is 0 Å². The molecule has 4 rings (SSSR count). The van der Waals surface area contributed by atoms with E-state index in [1.54, 1.807) is 7.11 Å². The van der Waals surface area contributed by atoms with Gasteiger partial charge in [0.25, 0.3) is 0 Å². The van der Waals surface area contributed by atoms with Crippen LogP contribution in [0.4, 0.5) is 0 Å². The Balaban J connectivity index is 1.68. The Kier molecular flexibility index (Phi) is 5.00. The number of fused-ring (bicyclic) bond motifs is 3. The maximum atomic E-state index is 6.47. The Labute approximate surface area is 164 Å². The van der Waals surface area contributed by atoms with Gasteiger partial charge in [0.05, 0.1) is 12.0 Å². The van der Waals surface area contributed by atoms with Gasteiger partial charge in [-0.2, -0.15) is 0 Å². The van der Waals surface area contributed by atoms with E-state index in [4.69, 9.17) is 9.16 Å². The largest absolute Gasteiger partial charge is 0.417 e. The Bertz CT molecular complexity index is 919. The van der Waals surface area contributed by atoms with E-state index in [0.29, 0.717) is 13.2 Å². The van der Waals surface area contributed by atoms with Gasteiger partial charge in [-0.15, -0.1) is 0 Å². The average Bonchev–Trinajstić information content (AvgIpc) is 2.97. The van der Waals surface area contributed by atoms with Crippen molar-refractivity contribution in [3.05, 3.63) is 89.0 Å². The standard InChI is InChI=1S/C24H26O2Si/c1-17-9-8-14-23(18(17)2)27-26-16-24(15-25-3)21-12-6-4-10-19(21)20-11-5-7-13-22(20)24/h4-14H,15-16,27H2,1-3H3. The van der Waals surface area contributed by atoms with E-state index in [2.05, 4.69) is 80.6 Å². The highest BCUT2D eigenvalue weighted by atomic mass is 28.2. The van der Waals surface area contributed by atoms with E-state index in [1.807, 2.05) is 0 Å². The molecule has 3 aromatic rings. The van der Waals surface area contributed by atoms with E-state index in [9.17, 15) is 0 Å². The molecule has 0 N–H and O–H groups in total. The van der Waals surface area contributed by atoms with Gasteiger partial charge in [-0.3, -0.25) is 0 Å². The number of hydrogen-bond acceptors (Lipinski definition) is 2. The van der Waals surface area contributed by atoms with Crippen molar-refractivity contribution < 1.29 is 9.16 Å². The quantitative estimate of drug-likeness (QED) is 0.613. The molecule has 0 heterocycles. The van der Waals surface area contributed by atoms with Crippen LogP contribution in [0.5, 0.6) is 0 Å². The highest BCUT2D eigenvalue weighted by Gasteiger charge is 2.43. The first-order valence-corrected chi connectivity index (χ1v) is 10.8. The normalized spacial score (nSPS) is 14.5. The summed E-state index contributed by atoms with van der Waals surface area (Å²) in [6, 6.07) is 23.9. The zero-order valence-corrected chi connectivity index (χ0v) is 17.7. The molecule has 1 aliphatic rings. The summed E-state index contributed by atoms with van der Waals surface area (Å²) in [6.45, 7) is 5.66. The van der Waals surface area contributed by atoms with Gasteiger partial charge in [-0.05, 0) is 52.4 Å². The predicted octanol–water partition coefficient (Wildman–Crippen LogP) is 3.64. The van der Waals surface area contributed by atoms with Crippen LogP contribution in [0.2, 0.25) is 0 Å². The van der Waals surface area contributed by atoms with Gasteiger partial charge < -0.3 is 9.16 Å². The molecule has 0 amide bonds. The van der Waals surface area contributed by atoms with E-state index < -0.39 is 9.76 Å². The Morgan fingerprint density at radius 1 is 0.778 bits per heavy atom. The molecular formula is C24H26O2Si. The maximum absolute atomic E-state index is 6.47. The SMILES string of the molecule is COCC1(CO[SiH2]c2cccc(C)c2C)c2ccccc2-c2ccccc21. The lowest BCUT2D eigenvalue weighted by Crippen LogP contribution is -2.38. The third kappa shape index (κ3) is 3.06.